The Morgan fingerprint density at radius 1 is 0.905 bits per heavy atom. The van der Waals surface area contributed by atoms with Gasteiger partial charge in [0.2, 0.25) is 0 Å². The average molecular weight is 285 g/mol. The number of hydrogen-bond donors (Lipinski definition) is 0. The largest absolute Gasteiger partial charge is 0.497 e. The van der Waals surface area contributed by atoms with Gasteiger partial charge >= 0.3 is 0 Å². The van der Waals surface area contributed by atoms with Crippen molar-refractivity contribution < 1.29 is 14.4 Å². The first-order valence-corrected chi connectivity index (χ1v) is 6.28. The van der Waals surface area contributed by atoms with E-state index >= 15 is 0 Å². The normalized spacial score (nSPS) is 10.6. The monoisotopic (exact) mass is 285 g/mol. The number of rotatable bonds is 5. The summed E-state index contributed by atoms with van der Waals surface area (Å²) in [7, 11) is 3.19. The summed E-state index contributed by atoms with van der Waals surface area (Å²) in [5.74, 6) is 1.41. The molecule has 0 heterocycles. The topological polar surface area (TPSA) is 61.6 Å². The molecule has 5 nitrogen and oxygen atoms in total. The molecule has 108 valence electrons. The first kappa shape index (κ1) is 14.6. The van der Waals surface area contributed by atoms with E-state index in [-0.39, 0.29) is 5.69 Å². The Labute approximate surface area is 122 Å². The quantitative estimate of drug-likeness (QED) is 0.476. The first-order chi connectivity index (χ1) is 10.1. The summed E-state index contributed by atoms with van der Waals surface area (Å²) in [6, 6.07) is 11.9. The third-order valence-electron chi connectivity index (χ3n) is 2.95. The molecule has 0 atom stereocenters. The van der Waals surface area contributed by atoms with Crippen LogP contribution in [0, 0.1) is 10.1 Å². The minimum absolute atomic E-state index is 0.0789. The maximum absolute atomic E-state index is 10.6. The number of nitrogens with zero attached hydrogens (tertiary/aromatic N) is 1. The molecule has 0 unspecified atom stereocenters. The van der Waals surface area contributed by atoms with E-state index < -0.39 is 4.92 Å². The lowest BCUT2D eigenvalue weighted by molar-refractivity contribution is -0.384. The van der Waals surface area contributed by atoms with Crippen LogP contribution in [-0.2, 0) is 0 Å². The predicted octanol–water partition coefficient (Wildman–Crippen LogP) is 3.78. The summed E-state index contributed by atoms with van der Waals surface area (Å²) in [5.41, 5.74) is 1.88. The molecule has 0 aliphatic rings. The second kappa shape index (κ2) is 6.56. The van der Waals surface area contributed by atoms with Gasteiger partial charge in [0.05, 0.1) is 19.1 Å². The van der Waals surface area contributed by atoms with Crippen molar-refractivity contribution in [2.24, 2.45) is 0 Å². The number of benzene rings is 2. The van der Waals surface area contributed by atoms with Gasteiger partial charge in [-0.1, -0.05) is 12.2 Å². The molecular formula is C16H15NO4. The van der Waals surface area contributed by atoms with Crippen LogP contribution < -0.4 is 9.47 Å². The number of ether oxygens (including phenoxy) is 2. The molecule has 0 saturated heterocycles. The van der Waals surface area contributed by atoms with Gasteiger partial charge < -0.3 is 9.47 Å². The molecule has 0 saturated carbocycles. The van der Waals surface area contributed by atoms with E-state index in [4.69, 9.17) is 9.47 Å². The Balaban J connectivity index is 2.22. The van der Waals surface area contributed by atoms with E-state index in [1.807, 2.05) is 24.3 Å². The van der Waals surface area contributed by atoms with Crippen molar-refractivity contribution >= 4 is 17.8 Å². The van der Waals surface area contributed by atoms with Crippen molar-refractivity contribution in [3.8, 4) is 11.5 Å². The van der Waals surface area contributed by atoms with E-state index in [2.05, 4.69) is 0 Å². The van der Waals surface area contributed by atoms with Crippen LogP contribution in [0.15, 0.2) is 42.5 Å². The number of nitro benzene ring substituents is 1. The van der Waals surface area contributed by atoms with Crippen LogP contribution >= 0.6 is 0 Å². The Morgan fingerprint density at radius 2 is 1.43 bits per heavy atom. The number of methoxy groups -OCH3 is 2. The van der Waals surface area contributed by atoms with Gasteiger partial charge in [0, 0.05) is 18.2 Å². The maximum atomic E-state index is 10.6. The van der Waals surface area contributed by atoms with Crippen molar-refractivity contribution in [3.63, 3.8) is 0 Å². The molecule has 0 aliphatic heterocycles. The van der Waals surface area contributed by atoms with Crippen LogP contribution in [-0.4, -0.2) is 19.1 Å². The fourth-order valence-corrected chi connectivity index (χ4v) is 1.83. The lowest BCUT2D eigenvalue weighted by atomic mass is 10.1. The molecule has 0 radical (unpaired) electrons. The highest BCUT2D eigenvalue weighted by Crippen LogP contribution is 2.24. The average Bonchev–Trinajstić information content (AvgIpc) is 2.52. The molecule has 0 aromatic heterocycles. The molecule has 21 heavy (non-hydrogen) atoms. The van der Waals surface area contributed by atoms with Crippen molar-refractivity contribution in [2.45, 2.75) is 0 Å². The van der Waals surface area contributed by atoms with Gasteiger partial charge in [0.15, 0.2) is 0 Å². The molecule has 2 rings (SSSR count). The minimum atomic E-state index is -0.416. The lowest BCUT2D eigenvalue weighted by Crippen LogP contribution is -1.88. The summed E-state index contributed by atoms with van der Waals surface area (Å²) in [4.78, 5) is 10.2. The van der Waals surface area contributed by atoms with Crippen LogP contribution in [0.1, 0.15) is 11.1 Å². The third-order valence-corrected chi connectivity index (χ3v) is 2.95. The number of hydrogen-bond acceptors (Lipinski definition) is 4. The minimum Gasteiger partial charge on any atom is -0.497 e. The fourth-order valence-electron chi connectivity index (χ4n) is 1.83. The van der Waals surface area contributed by atoms with Crippen LogP contribution in [0.5, 0.6) is 11.5 Å². The summed E-state index contributed by atoms with van der Waals surface area (Å²) in [6.07, 6.45) is 3.77. The van der Waals surface area contributed by atoms with Gasteiger partial charge in [0.1, 0.15) is 11.5 Å². The van der Waals surface area contributed by atoms with Gasteiger partial charge in [-0.2, -0.15) is 0 Å². The number of non-ortho nitro benzene ring substituents is 1. The predicted molar refractivity (Wildman–Crippen MR) is 81.6 cm³/mol. The van der Waals surface area contributed by atoms with Crippen molar-refractivity contribution in [1.82, 2.24) is 0 Å². The molecule has 2 aromatic carbocycles. The van der Waals surface area contributed by atoms with Crippen LogP contribution in [0.25, 0.3) is 12.2 Å². The van der Waals surface area contributed by atoms with E-state index in [0.29, 0.717) is 11.5 Å². The second-order valence-electron chi connectivity index (χ2n) is 4.33. The molecule has 2 aromatic rings. The summed E-state index contributed by atoms with van der Waals surface area (Å²) in [6.45, 7) is 0. The van der Waals surface area contributed by atoms with E-state index in [1.165, 1.54) is 12.1 Å². The zero-order valence-electron chi connectivity index (χ0n) is 11.8. The molecule has 0 N–H and O–H groups in total. The Kier molecular flexibility index (Phi) is 4.56. The highest BCUT2D eigenvalue weighted by Gasteiger charge is 2.03. The summed E-state index contributed by atoms with van der Waals surface area (Å²) >= 11 is 0. The van der Waals surface area contributed by atoms with Gasteiger partial charge in [0.25, 0.3) is 5.69 Å². The lowest BCUT2D eigenvalue weighted by Gasteiger charge is -2.05. The Hall–Kier alpha value is -2.82. The van der Waals surface area contributed by atoms with Crippen LogP contribution in [0.2, 0.25) is 0 Å². The second-order valence-corrected chi connectivity index (χ2v) is 4.33. The molecule has 0 spiro atoms. The molecule has 0 fully saturated rings. The van der Waals surface area contributed by atoms with E-state index in [0.717, 1.165) is 11.1 Å². The standard InChI is InChI=1S/C16H15NO4/c1-20-15-9-13(10-16(11-15)21-2)4-3-12-5-7-14(8-6-12)17(18)19/h3-11H,1-2H3. The highest BCUT2D eigenvalue weighted by molar-refractivity contribution is 5.71. The molecular weight excluding hydrogens is 270 g/mol. The first-order valence-electron chi connectivity index (χ1n) is 6.28. The number of nitro groups is 1. The molecule has 0 bridgehead atoms. The smallest absolute Gasteiger partial charge is 0.269 e. The SMILES string of the molecule is COc1cc(C=Cc2ccc([N+](=O)[O-])cc2)cc(OC)c1. The van der Waals surface area contributed by atoms with Crippen molar-refractivity contribution in [3.05, 3.63) is 63.7 Å². The molecule has 0 aliphatic carbocycles. The van der Waals surface area contributed by atoms with E-state index in [1.54, 1.807) is 32.4 Å². The summed E-state index contributed by atoms with van der Waals surface area (Å²) in [5, 5.41) is 10.6. The maximum Gasteiger partial charge on any atom is 0.269 e. The highest BCUT2D eigenvalue weighted by atomic mass is 16.6. The molecule has 5 heteroatoms. The van der Waals surface area contributed by atoms with Crippen LogP contribution in [0.4, 0.5) is 5.69 Å². The van der Waals surface area contributed by atoms with Gasteiger partial charge in [-0.3, -0.25) is 10.1 Å². The van der Waals surface area contributed by atoms with Gasteiger partial charge in [-0.25, -0.2) is 0 Å². The van der Waals surface area contributed by atoms with Crippen LogP contribution in [0.3, 0.4) is 0 Å². The molecule has 0 amide bonds. The van der Waals surface area contributed by atoms with E-state index in [9.17, 15) is 10.1 Å². The summed E-state index contributed by atoms with van der Waals surface area (Å²) < 4.78 is 10.4. The Morgan fingerprint density at radius 3 is 1.90 bits per heavy atom. The van der Waals surface area contributed by atoms with Crippen molar-refractivity contribution in [2.75, 3.05) is 14.2 Å². The fraction of sp³-hybridized carbons (Fsp3) is 0.125. The van der Waals surface area contributed by atoms with Crippen molar-refractivity contribution in [1.29, 1.82) is 0 Å². The zero-order chi connectivity index (χ0) is 15.2. The third kappa shape index (κ3) is 3.82. The van der Waals surface area contributed by atoms with Gasteiger partial charge in [-0.05, 0) is 35.4 Å². The Bertz CT molecular complexity index is 640. The van der Waals surface area contributed by atoms with Gasteiger partial charge in [-0.15, -0.1) is 0 Å². The zero-order valence-corrected chi connectivity index (χ0v) is 11.8.